The number of carboxylic acids is 1. The number of aliphatic carboxylic acids is 1. The van der Waals surface area contributed by atoms with Crippen LogP contribution in [0.15, 0.2) is 15.3 Å². The lowest BCUT2D eigenvalue weighted by molar-refractivity contribution is -0.139. The second kappa shape index (κ2) is 6.05. The molecule has 1 aromatic heterocycles. The van der Waals surface area contributed by atoms with Gasteiger partial charge in [0.25, 0.3) is 0 Å². The Balaban J connectivity index is 2.63. The highest BCUT2D eigenvalue weighted by Gasteiger charge is 2.25. The predicted octanol–water partition coefficient (Wildman–Crippen LogP) is 1.96. The van der Waals surface area contributed by atoms with Crippen LogP contribution in [0.2, 0.25) is 0 Å². The Hall–Kier alpha value is -1.57. The van der Waals surface area contributed by atoms with Crippen LogP contribution in [0.25, 0.3) is 0 Å². The Morgan fingerprint density at radius 3 is 2.63 bits per heavy atom. The summed E-state index contributed by atoms with van der Waals surface area (Å²) in [5.41, 5.74) is -0.695. The number of carboxylic acid groups (broad SMARTS) is 1. The topological polar surface area (TPSA) is 102 Å². The number of rotatable bonds is 4. The molecule has 7 nitrogen and oxygen atoms in total. The average molecular weight is 335 g/mol. The Morgan fingerprint density at radius 1 is 1.58 bits per heavy atom. The van der Waals surface area contributed by atoms with Gasteiger partial charge in [0.15, 0.2) is 10.6 Å². The van der Waals surface area contributed by atoms with Crippen molar-refractivity contribution in [2.75, 3.05) is 0 Å². The van der Waals surface area contributed by atoms with Crippen LogP contribution in [0.4, 0.5) is 4.79 Å². The number of nitrogens with zero attached hydrogens (tertiary/aromatic N) is 1. The molecule has 0 aliphatic rings. The van der Waals surface area contributed by atoms with Gasteiger partial charge in [0, 0.05) is 0 Å². The highest BCUT2D eigenvalue weighted by atomic mass is 79.9. The number of ether oxygens (including phenoxy) is 1. The van der Waals surface area contributed by atoms with Crippen molar-refractivity contribution in [2.24, 2.45) is 0 Å². The van der Waals surface area contributed by atoms with Gasteiger partial charge in [-0.2, -0.15) is 0 Å². The standard InChI is InChI=1S/C11H15BrN2O5/c1-11(2,3)19-10(17)14-6(9(15)16)4-8-13-5-7(12)18-8/h5-6H,4H2,1-3H3,(H,14,17)(H,15,16)/t6-/m0/s1. The molecule has 0 aliphatic carbocycles. The van der Waals surface area contributed by atoms with Crippen molar-refractivity contribution in [3.05, 3.63) is 16.8 Å². The third kappa shape index (κ3) is 5.73. The van der Waals surface area contributed by atoms with E-state index in [2.05, 4.69) is 26.2 Å². The molecule has 0 saturated carbocycles. The van der Waals surface area contributed by atoms with Gasteiger partial charge in [0.2, 0.25) is 0 Å². The van der Waals surface area contributed by atoms with E-state index in [1.54, 1.807) is 20.8 Å². The Bertz CT molecular complexity index is 466. The van der Waals surface area contributed by atoms with Gasteiger partial charge in [-0.15, -0.1) is 0 Å². The van der Waals surface area contributed by atoms with Gasteiger partial charge in [-0.1, -0.05) is 0 Å². The second-order valence-corrected chi connectivity index (χ2v) is 5.58. The van der Waals surface area contributed by atoms with Crippen LogP contribution in [0, 0.1) is 0 Å². The van der Waals surface area contributed by atoms with E-state index in [1.165, 1.54) is 6.20 Å². The van der Waals surface area contributed by atoms with Gasteiger partial charge in [-0.3, -0.25) is 0 Å². The third-order valence-corrected chi connectivity index (χ3v) is 2.26. The molecule has 0 aliphatic heterocycles. The van der Waals surface area contributed by atoms with E-state index in [0.717, 1.165) is 0 Å². The lowest BCUT2D eigenvalue weighted by Gasteiger charge is -2.21. The minimum absolute atomic E-state index is 0.0693. The molecule has 0 radical (unpaired) electrons. The quantitative estimate of drug-likeness (QED) is 0.872. The first-order valence-corrected chi connectivity index (χ1v) is 6.29. The van der Waals surface area contributed by atoms with Gasteiger partial charge < -0.3 is 19.6 Å². The van der Waals surface area contributed by atoms with Crippen LogP contribution in [-0.4, -0.2) is 33.8 Å². The van der Waals surface area contributed by atoms with E-state index < -0.39 is 23.7 Å². The maximum atomic E-state index is 11.5. The number of hydrogen-bond acceptors (Lipinski definition) is 5. The Morgan fingerprint density at radius 2 is 2.21 bits per heavy atom. The summed E-state index contributed by atoms with van der Waals surface area (Å²) in [4.78, 5) is 26.4. The molecule has 0 spiro atoms. The maximum absolute atomic E-state index is 11.5. The largest absolute Gasteiger partial charge is 0.480 e. The number of halogens is 1. The van der Waals surface area contributed by atoms with E-state index in [4.69, 9.17) is 14.3 Å². The molecule has 106 valence electrons. The summed E-state index contributed by atoms with van der Waals surface area (Å²) >= 11 is 3.06. The molecular weight excluding hydrogens is 320 g/mol. The number of alkyl carbamates (subject to hydrolysis) is 1. The smallest absolute Gasteiger partial charge is 0.408 e. The first-order valence-electron chi connectivity index (χ1n) is 5.50. The fourth-order valence-corrected chi connectivity index (χ4v) is 1.50. The molecular formula is C11H15BrN2O5. The third-order valence-electron chi connectivity index (χ3n) is 1.89. The zero-order valence-corrected chi connectivity index (χ0v) is 12.4. The van der Waals surface area contributed by atoms with Crippen molar-refractivity contribution in [3.8, 4) is 0 Å². The SMILES string of the molecule is CC(C)(C)OC(=O)N[C@@H](Cc1ncc(Br)o1)C(=O)O. The monoisotopic (exact) mass is 334 g/mol. The molecule has 1 aromatic rings. The molecule has 0 saturated heterocycles. The van der Waals surface area contributed by atoms with Crippen LogP contribution < -0.4 is 5.32 Å². The first-order chi connectivity index (χ1) is 8.67. The molecule has 8 heteroatoms. The fraction of sp³-hybridized carbons (Fsp3) is 0.545. The number of amides is 1. The van der Waals surface area contributed by atoms with Crippen LogP contribution in [0.5, 0.6) is 0 Å². The number of aromatic nitrogens is 1. The first kappa shape index (κ1) is 15.5. The molecule has 0 bridgehead atoms. The van der Waals surface area contributed by atoms with Gasteiger partial charge >= 0.3 is 12.1 Å². The number of oxazole rings is 1. The van der Waals surface area contributed by atoms with E-state index in [9.17, 15) is 9.59 Å². The zero-order valence-electron chi connectivity index (χ0n) is 10.8. The summed E-state index contributed by atoms with van der Waals surface area (Å²) in [6.45, 7) is 5.06. The molecule has 0 fully saturated rings. The van der Waals surface area contributed by atoms with E-state index in [1.807, 2.05) is 0 Å². The molecule has 2 N–H and O–H groups in total. The maximum Gasteiger partial charge on any atom is 0.408 e. The fourth-order valence-electron chi connectivity index (χ4n) is 1.21. The molecule has 0 unspecified atom stereocenters. The van der Waals surface area contributed by atoms with Crippen molar-refractivity contribution < 1.29 is 23.8 Å². The minimum Gasteiger partial charge on any atom is -0.480 e. The molecule has 1 heterocycles. The highest BCUT2D eigenvalue weighted by molar-refractivity contribution is 9.10. The van der Waals surface area contributed by atoms with Crippen molar-refractivity contribution in [1.82, 2.24) is 10.3 Å². The lowest BCUT2D eigenvalue weighted by Crippen LogP contribution is -2.44. The molecule has 1 atom stereocenters. The van der Waals surface area contributed by atoms with Gasteiger partial charge in [0.1, 0.15) is 11.6 Å². The van der Waals surface area contributed by atoms with Gasteiger partial charge in [-0.25, -0.2) is 14.6 Å². The number of carbonyl (C=O) groups excluding carboxylic acids is 1. The van der Waals surface area contributed by atoms with Crippen molar-refractivity contribution in [1.29, 1.82) is 0 Å². The normalized spacial score (nSPS) is 12.8. The van der Waals surface area contributed by atoms with Crippen molar-refractivity contribution in [3.63, 3.8) is 0 Å². The van der Waals surface area contributed by atoms with Crippen LogP contribution in [0.1, 0.15) is 26.7 Å². The van der Waals surface area contributed by atoms with Crippen LogP contribution in [-0.2, 0) is 16.0 Å². The zero-order chi connectivity index (χ0) is 14.6. The second-order valence-electron chi connectivity index (χ2n) is 4.80. The average Bonchev–Trinajstić information content (AvgIpc) is 2.60. The van der Waals surface area contributed by atoms with Crippen molar-refractivity contribution >= 4 is 28.0 Å². The summed E-state index contributed by atoms with van der Waals surface area (Å²) in [5, 5.41) is 11.3. The van der Waals surface area contributed by atoms with Crippen LogP contribution in [0.3, 0.4) is 0 Å². The van der Waals surface area contributed by atoms with Crippen LogP contribution >= 0.6 is 15.9 Å². The number of hydrogen-bond donors (Lipinski definition) is 2. The van der Waals surface area contributed by atoms with E-state index in [-0.39, 0.29) is 12.3 Å². The summed E-state index contributed by atoms with van der Waals surface area (Å²) in [5.74, 6) is -0.990. The molecule has 0 aromatic carbocycles. The van der Waals surface area contributed by atoms with Gasteiger partial charge in [0.05, 0.1) is 12.6 Å². The Labute approximate surface area is 118 Å². The lowest BCUT2D eigenvalue weighted by atomic mass is 10.2. The summed E-state index contributed by atoms with van der Waals surface area (Å²) in [6.07, 6.45) is 0.535. The molecule has 1 rings (SSSR count). The van der Waals surface area contributed by atoms with Crippen molar-refractivity contribution in [2.45, 2.75) is 38.8 Å². The van der Waals surface area contributed by atoms with E-state index in [0.29, 0.717) is 4.67 Å². The Kier molecular flexibility index (Phi) is 4.93. The highest BCUT2D eigenvalue weighted by Crippen LogP contribution is 2.13. The molecule has 19 heavy (non-hydrogen) atoms. The summed E-state index contributed by atoms with van der Waals surface area (Å²) in [6, 6.07) is -1.17. The number of carbonyl (C=O) groups is 2. The number of nitrogens with one attached hydrogen (secondary N) is 1. The van der Waals surface area contributed by atoms with E-state index >= 15 is 0 Å². The summed E-state index contributed by atoms with van der Waals surface area (Å²) < 4.78 is 10.5. The summed E-state index contributed by atoms with van der Waals surface area (Å²) in [7, 11) is 0. The predicted molar refractivity (Wildman–Crippen MR) is 68.7 cm³/mol. The van der Waals surface area contributed by atoms with Gasteiger partial charge in [-0.05, 0) is 36.7 Å². The molecule has 1 amide bonds. The minimum atomic E-state index is -1.19.